The van der Waals surface area contributed by atoms with E-state index < -0.39 is 4.92 Å². The minimum atomic E-state index is -0.497. The quantitative estimate of drug-likeness (QED) is 0.638. The first-order valence-corrected chi connectivity index (χ1v) is 6.24. The molecule has 0 bridgehead atoms. The van der Waals surface area contributed by atoms with Crippen molar-refractivity contribution in [3.8, 4) is 0 Å². The summed E-state index contributed by atoms with van der Waals surface area (Å²) in [4.78, 5) is 22.4. The van der Waals surface area contributed by atoms with Crippen LogP contribution in [0.3, 0.4) is 0 Å². The molecule has 110 valence electrons. The van der Waals surface area contributed by atoms with Crippen LogP contribution >= 0.6 is 0 Å². The summed E-state index contributed by atoms with van der Waals surface area (Å²) in [6, 6.07) is 5.99. The Morgan fingerprint density at radius 1 is 1.43 bits per heavy atom. The third kappa shape index (κ3) is 3.16. The van der Waals surface area contributed by atoms with Gasteiger partial charge in [0.15, 0.2) is 0 Å². The number of rotatable bonds is 5. The van der Waals surface area contributed by atoms with Crippen molar-refractivity contribution >= 4 is 17.3 Å². The van der Waals surface area contributed by atoms with Gasteiger partial charge in [0.25, 0.3) is 11.6 Å². The number of benzene rings is 1. The normalized spacial score (nSPS) is 10.2. The number of nitrogens with one attached hydrogen (secondary N) is 2. The fourth-order valence-corrected chi connectivity index (χ4v) is 1.88. The van der Waals surface area contributed by atoms with Crippen LogP contribution < -0.4 is 10.6 Å². The Bertz CT molecular complexity index is 680. The fraction of sp³-hybridized carbons (Fsp3) is 0.231. The van der Waals surface area contributed by atoms with Crippen LogP contribution in [-0.2, 0) is 13.6 Å². The van der Waals surface area contributed by atoms with E-state index in [0.717, 1.165) is 5.69 Å². The number of nitro benzene ring substituents is 1. The Labute approximate surface area is 120 Å². The number of aromatic nitrogens is 2. The van der Waals surface area contributed by atoms with Gasteiger partial charge in [-0.05, 0) is 18.2 Å². The average molecular weight is 289 g/mol. The molecule has 0 atom stereocenters. The van der Waals surface area contributed by atoms with Crippen molar-refractivity contribution in [2.75, 3.05) is 12.4 Å². The van der Waals surface area contributed by atoms with E-state index in [2.05, 4.69) is 15.7 Å². The van der Waals surface area contributed by atoms with E-state index in [0.29, 0.717) is 17.8 Å². The number of nitro groups is 1. The lowest BCUT2D eigenvalue weighted by atomic mass is 10.1. The highest BCUT2D eigenvalue weighted by atomic mass is 16.6. The summed E-state index contributed by atoms with van der Waals surface area (Å²) in [6.45, 7) is 0.335. The molecule has 1 heterocycles. The van der Waals surface area contributed by atoms with Gasteiger partial charge < -0.3 is 10.6 Å². The van der Waals surface area contributed by atoms with Gasteiger partial charge in [-0.2, -0.15) is 5.10 Å². The van der Waals surface area contributed by atoms with Crippen molar-refractivity contribution < 1.29 is 9.72 Å². The number of anilines is 1. The highest BCUT2D eigenvalue weighted by molar-refractivity contribution is 5.95. The first-order chi connectivity index (χ1) is 10.0. The maximum Gasteiger partial charge on any atom is 0.292 e. The summed E-state index contributed by atoms with van der Waals surface area (Å²) >= 11 is 0. The number of carbonyl (C=O) groups excluding carboxylic acids is 1. The Kier molecular flexibility index (Phi) is 4.17. The summed E-state index contributed by atoms with van der Waals surface area (Å²) in [5, 5.41) is 20.3. The van der Waals surface area contributed by atoms with Crippen molar-refractivity contribution in [3.05, 3.63) is 51.8 Å². The molecule has 0 aliphatic heterocycles. The van der Waals surface area contributed by atoms with E-state index in [4.69, 9.17) is 0 Å². The monoisotopic (exact) mass is 289 g/mol. The molecule has 0 spiro atoms. The van der Waals surface area contributed by atoms with Crippen LogP contribution in [0, 0.1) is 10.1 Å². The van der Waals surface area contributed by atoms with Gasteiger partial charge >= 0.3 is 0 Å². The van der Waals surface area contributed by atoms with E-state index in [9.17, 15) is 14.9 Å². The van der Waals surface area contributed by atoms with Gasteiger partial charge in [-0.15, -0.1) is 0 Å². The molecule has 0 fully saturated rings. The Morgan fingerprint density at radius 2 is 2.19 bits per heavy atom. The highest BCUT2D eigenvalue weighted by Gasteiger charge is 2.15. The summed E-state index contributed by atoms with van der Waals surface area (Å²) in [7, 11) is 3.35. The Morgan fingerprint density at radius 3 is 2.76 bits per heavy atom. The van der Waals surface area contributed by atoms with E-state index in [1.807, 2.05) is 0 Å². The minimum absolute atomic E-state index is 0.0688. The van der Waals surface area contributed by atoms with Crippen LogP contribution in [-0.4, -0.2) is 27.7 Å². The van der Waals surface area contributed by atoms with Crippen molar-refractivity contribution in [1.29, 1.82) is 0 Å². The molecule has 2 N–H and O–H groups in total. The molecule has 2 rings (SSSR count). The highest BCUT2D eigenvalue weighted by Crippen LogP contribution is 2.24. The molecule has 0 radical (unpaired) electrons. The number of hydrogen-bond donors (Lipinski definition) is 2. The number of carbonyl (C=O) groups is 1. The summed E-state index contributed by atoms with van der Waals surface area (Å²) in [5.74, 6) is -0.303. The van der Waals surface area contributed by atoms with E-state index in [-0.39, 0.29) is 11.6 Å². The second-order valence-electron chi connectivity index (χ2n) is 4.37. The van der Waals surface area contributed by atoms with E-state index >= 15 is 0 Å². The van der Waals surface area contributed by atoms with Gasteiger partial charge in [0.2, 0.25) is 0 Å². The molecule has 1 amide bonds. The van der Waals surface area contributed by atoms with Gasteiger partial charge in [0, 0.05) is 31.9 Å². The van der Waals surface area contributed by atoms with Gasteiger partial charge in [-0.3, -0.25) is 19.6 Å². The van der Waals surface area contributed by atoms with E-state index in [1.165, 1.54) is 18.2 Å². The number of nitrogens with zero attached hydrogens (tertiary/aromatic N) is 3. The summed E-state index contributed by atoms with van der Waals surface area (Å²) < 4.78 is 1.66. The van der Waals surface area contributed by atoms with Crippen molar-refractivity contribution in [2.45, 2.75) is 6.54 Å². The summed E-state index contributed by atoms with van der Waals surface area (Å²) in [6.07, 6.45) is 1.65. The number of amides is 1. The van der Waals surface area contributed by atoms with Gasteiger partial charge in [0.1, 0.15) is 5.69 Å². The van der Waals surface area contributed by atoms with Crippen LogP contribution in [0.5, 0.6) is 0 Å². The molecule has 0 aliphatic carbocycles. The molecule has 0 aliphatic rings. The van der Waals surface area contributed by atoms with Gasteiger partial charge in [-0.1, -0.05) is 0 Å². The maximum absolute atomic E-state index is 12.1. The van der Waals surface area contributed by atoms with Crippen molar-refractivity contribution in [3.63, 3.8) is 0 Å². The van der Waals surface area contributed by atoms with Gasteiger partial charge in [-0.25, -0.2) is 0 Å². The zero-order valence-electron chi connectivity index (χ0n) is 11.7. The molecule has 8 heteroatoms. The summed E-state index contributed by atoms with van der Waals surface area (Å²) in [5.41, 5.74) is 1.44. The smallest absolute Gasteiger partial charge is 0.292 e. The average Bonchev–Trinajstić information content (AvgIpc) is 2.89. The molecule has 8 nitrogen and oxygen atoms in total. The molecule has 2 aromatic rings. The van der Waals surface area contributed by atoms with Crippen LogP contribution in [0.15, 0.2) is 30.5 Å². The largest absolute Gasteiger partial charge is 0.383 e. The molecule has 0 saturated carbocycles. The lowest BCUT2D eigenvalue weighted by molar-refractivity contribution is -0.383. The molecule has 0 saturated heterocycles. The topological polar surface area (TPSA) is 102 Å². The van der Waals surface area contributed by atoms with Crippen LogP contribution in [0.1, 0.15) is 16.1 Å². The molecule has 0 unspecified atom stereocenters. The van der Waals surface area contributed by atoms with E-state index in [1.54, 1.807) is 31.0 Å². The fourth-order valence-electron chi connectivity index (χ4n) is 1.88. The molecule has 1 aromatic carbocycles. The predicted octanol–water partition coefficient (Wildman–Crippen LogP) is 1.30. The standard InChI is InChI=1S/C13H15N5O3/c1-14-11-7-9(3-4-12(11)18(20)21)13(19)15-8-10-5-6-16-17(10)2/h3-7,14H,8H2,1-2H3,(H,15,19). The SMILES string of the molecule is CNc1cc(C(=O)NCc2ccnn2C)ccc1[N+](=O)[O-]. The van der Waals surface area contributed by atoms with Crippen LogP contribution in [0.4, 0.5) is 11.4 Å². The lowest BCUT2D eigenvalue weighted by Crippen LogP contribution is -2.24. The van der Waals surface area contributed by atoms with Gasteiger partial charge in [0.05, 0.1) is 17.2 Å². The predicted molar refractivity (Wildman–Crippen MR) is 77.0 cm³/mol. The molecular weight excluding hydrogens is 274 g/mol. The maximum atomic E-state index is 12.1. The molecular formula is C13H15N5O3. The first kappa shape index (κ1) is 14.5. The first-order valence-electron chi connectivity index (χ1n) is 6.24. The molecule has 21 heavy (non-hydrogen) atoms. The Hall–Kier alpha value is -2.90. The minimum Gasteiger partial charge on any atom is -0.383 e. The van der Waals surface area contributed by atoms with Crippen molar-refractivity contribution in [2.24, 2.45) is 7.05 Å². The number of aryl methyl sites for hydroxylation is 1. The lowest BCUT2D eigenvalue weighted by Gasteiger charge is -2.07. The molecule has 1 aromatic heterocycles. The Balaban J connectivity index is 2.12. The van der Waals surface area contributed by atoms with Crippen LogP contribution in [0.2, 0.25) is 0 Å². The number of hydrogen-bond acceptors (Lipinski definition) is 5. The zero-order chi connectivity index (χ0) is 15.4. The third-order valence-corrected chi connectivity index (χ3v) is 3.08. The van der Waals surface area contributed by atoms with Crippen molar-refractivity contribution in [1.82, 2.24) is 15.1 Å². The second-order valence-corrected chi connectivity index (χ2v) is 4.37. The second kappa shape index (κ2) is 6.04. The zero-order valence-corrected chi connectivity index (χ0v) is 11.7. The van der Waals surface area contributed by atoms with Crippen LogP contribution in [0.25, 0.3) is 0 Å². The third-order valence-electron chi connectivity index (χ3n) is 3.08.